The number of ketones is 1. The molecule has 3 rings (SSSR count). The van der Waals surface area contributed by atoms with Crippen molar-refractivity contribution in [1.82, 2.24) is 4.98 Å². The van der Waals surface area contributed by atoms with Gasteiger partial charge in [-0.2, -0.15) is 13.2 Å². The molecule has 2 aromatic carbocycles. The van der Waals surface area contributed by atoms with Gasteiger partial charge >= 0.3 is 12.1 Å². The molecule has 1 heterocycles. The Balaban J connectivity index is 2.07. The van der Waals surface area contributed by atoms with Gasteiger partial charge in [-0.1, -0.05) is 30.3 Å². The van der Waals surface area contributed by atoms with Crippen molar-refractivity contribution in [2.75, 3.05) is 6.61 Å². The quantitative estimate of drug-likeness (QED) is 0.438. The average molecular weight is 401 g/mol. The van der Waals surface area contributed by atoms with Crippen molar-refractivity contribution < 1.29 is 27.5 Å². The number of hydrogen-bond donors (Lipinski definition) is 1. The fourth-order valence-electron chi connectivity index (χ4n) is 2.98. The number of Topliss-reactive ketones (excluding diaryl/α,β-unsaturated/α-hetero) is 1. The Morgan fingerprint density at radius 2 is 1.62 bits per heavy atom. The molecule has 4 nitrogen and oxygen atoms in total. The van der Waals surface area contributed by atoms with Crippen LogP contribution in [0, 0.1) is 0 Å². The molecule has 0 amide bonds. The number of ether oxygens (including phenoxy) is 1. The van der Waals surface area contributed by atoms with Gasteiger partial charge in [-0.05, 0) is 48.7 Å². The summed E-state index contributed by atoms with van der Waals surface area (Å²) in [5.74, 6) is -0.679. The minimum absolute atomic E-state index is 0.0163. The smallest absolute Gasteiger partial charge is 0.417 e. The van der Waals surface area contributed by atoms with Gasteiger partial charge in [-0.3, -0.25) is 4.79 Å². The van der Waals surface area contributed by atoms with Gasteiger partial charge in [0, 0.05) is 17.5 Å². The average Bonchev–Trinajstić information content (AvgIpc) is 3.17. The maximum Gasteiger partial charge on any atom is 0.417 e. The number of hydrogen-bond acceptors (Lipinski definition) is 3. The van der Waals surface area contributed by atoms with Crippen LogP contribution in [0.25, 0.3) is 22.4 Å². The van der Waals surface area contributed by atoms with Crippen LogP contribution in [0.1, 0.15) is 40.1 Å². The fourth-order valence-corrected chi connectivity index (χ4v) is 2.98. The van der Waals surface area contributed by atoms with Crippen molar-refractivity contribution in [3.8, 4) is 22.4 Å². The summed E-state index contributed by atoms with van der Waals surface area (Å²) in [6.45, 7) is 3.30. The van der Waals surface area contributed by atoms with Crippen LogP contribution in [0.2, 0.25) is 0 Å². The van der Waals surface area contributed by atoms with Gasteiger partial charge in [0.1, 0.15) is 0 Å². The van der Waals surface area contributed by atoms with E-state index in [1.165, 1.54) is 55.6 Å². The number of nitrogens with one attached hydrogen (secondary N) is 1. The van der Waals surface area contributed by atoms with Gasteiger partial charge in [-0.25, -0.2) is 4.79 Å². The molecule has 29 heavy (non-hydrogen) atoms. The monoisotopic (exact) mass is 401 g/mol. The SMILES string of the molecule is CCOC(=O)c1c[nH]c(-c2ccc(C(F)(F)F)c(-c3ccc(C(C)=O)cc3)c2)c1. The Morgan fingerprint density at radius 1 is 0.966 bits per heavy atom. The number of halogens is 3. The minimum atomic E-state index is -4.54. The molecule has 0 bridgehead atoms. The van der Waals surface area contributed by atoms with Crippen LogP contribution in [0.3, 0.4) is 0 Å². The predicted octanol–water partition coefficient (Wildman–Crippen LogP) is 5.75. The minimum Gasteiger partial charge on any atom is -0.462 e. The fraction of sp³-hybridized carbons (Fsp3) is 0.182. The lowest BCUT2D eigenvalue weighted by Crippen LogP contribution is -2.07. The Bertz CT molecular complexity index is 1050. The van der Waals surface area contributed by atoms with E-state index in [4.69, 9.17) is 4.74 Å². The molecular formula is C22H18F3NO3. The Hall–Kier alpha value is -3.35. The molecule has 150 valence electrons. The van der Waals surface area contributed by atoms with Gasteiger partial charge in [0.2, 0.25) is 0 Å². The molecule has 0 aliphatic carbocycles. The van der Waals surface area contributed by atoms with Crippen molar-refractivity contribution in [2.45, 2.75) is 20.0 Å². The molecule has 0 saturated heterocycles. The number of aromatic nitrogens is 1. The first-order chi connectivity index (χ1) is 13.7. The third kappa shape index (κ3) is 4.39. The first-order valence-corrected chi connectivity index (χ1v) is 8.89. The summed E-state index contributed by atoms with van der Waals surface area (Å²) >= 11 is 0. The largest absolute Gasteiger partial charge is 0.462 e. The molecule has 7 heteroatoms. The van der Waals surface area contributed by atoms with Crippen molar-refractivity contribution >= 4 is 11.8 Å². The highest BCUT2D eigenvalue weighted by Crippen LogP contribution is 2.39. The maximum atomic E-state index is 13.5. The number of alkyl halides is 3. The summed E-state index contributed by atoms with van der Waals surface area (Å²) in [7, 11) is 0. The van der Waals surface area contributed by atoms with Crippen LogP contribution in [-0.2, 0) is 10.9 Å². The lowest BCUT2D eigenvalue weighted by molar-refractivity contribution is -0.137. The van der Waals surface area contributed by atoms with Gasteiger partial charge in [0.25, 0.3) is 0 Å². The number of carbonyl (C=O) groups is 2. The van der Waals surface area contributed by atoms with Crippen molar-refractivity contribution in [3.05, 3.63) is 71.4 Å². The molecular weight excluding hydrogens is 383 g/mol. The number of aromatic amines is 1. The predicted molar refractivity (Wildman–Crippen MR) is 103 cm³/mol. The van der Waals surface area contributed by atoms with E-state index in [1.807, 2.05) is 0 Å². The molecule has 0 aliphatic rings. The summed E-state index contributed by atoms with van der Waals surface area (Å²) in [4.78, 5) is 26.2. The standard InChI is InChI=1S/C22H18F3NO3/c1-3-29-21(28)17-11-20(26-12-17)16-8-9-19(22(23,24)25)18(10-16)15-6-4-14(5-7-15)13(2)27/h4-12,26H,3H2,1-2H3. The molecule has 0 atom stereocenters. The van der Waals surface area contributed by atoms with Crippen molar-refractivity contribution in [3.63, 3.8) is 0 Å². The van der Waals surface area contributed by atoms with E-state index in [-0.39, 0.29) is 23.5 Å². The van der Waals surface area contributed by atoms with E-state index >= 15 is 0 Å². The molecule has 3 aromatic rings. The highest BCUT2D eigenvalue weighted by atomic mass is 19.4. The lowest BCUT2D eigenvalue weighted by Gasteiger charge is -2.15. The van der Waals surface area contributed by atoms with Crippen LogP contribution >= 0.6 is 0 Å². The van der Waals surface area contributed by atoms with Crippen molar-refractivity contribution in [2.24, 2.45) is 0 Å². The van der Waals surface area contributed by atoms with Crippen LogP contribution in [0.15, 0.2) is 54.7 Å². The second-order valence-corrected chi connectivity index (χ2v) is 6.41. The summed E-state index contributed by atoms with van der Waals surface area (Å²) in [6.07, 6.45) is -3.09. The Kier molecular flexibility index (Phi) is 5.59. The van der Waals surface area contributed by atoms with E-state index in [0.29, 0.717) is 22.4 Å². The van der Waals surface area contributed by atoms with E-state index in [9.17, 15) is 22.8 Å². The molecule has 1 aromatic heterocycles. The Morgan fingerprint density at radius 3 is 2.21 bits per heavy atom. The van der Waals surface area contributed by atoms with Gasteiger partial charge in [0.05, 0.1) is 17.7 Å². The van der Waals surface area contributed by atoms with Crippen LogP contribution in [0.5, 0.6) is 0 Å². The number of benzene rings is 2. The molecule has 0 spiro atoms. The van der Waals surface area contributed by atoms with E-state index < -0.39 is 17.7 Å². The molecule has 1 N–H and O–H groups in total. The molecule has 0 saturated carbocycles. The first-order valence-electron chi connectivity index (χ1n) is 8.89. The van der Waals surface area contributed by atoms with Gasteiger partial charge in [-0.15, -0.1) is 0 Å². The summed E-state index contributed by atoms with van der Waals surface area (Å²) in [5.41, 5.74) is 1.21. The molecule has 0 unspecified atom stereocenters. The maximum absolute atomic E-state index is 13.5. The van der Waals surface area contributed by atoms with E-state index in [0.717, 1.165) is 6.07 Å². The number of rotatable bonds is 5. The normalized spacial score (nSPS) is 11.3. The highest BCUT2D eigenvalue weighted by molar-refractivity contribution is 5.94. The van der Waals surface area contributed by atoms with Crippen LogP contribution in [-0.4, -0.2) is 23.3 Å². The van der Waals surface area contributed by atoms with Gasteiger partial charge in [0.15, 0.2) is 5.78 Å². The summed E-state index contributed by atoms with van der Waals surface area (Å²) < 4.78 is 45.6. The molecule has 0 aliphatic heterocycles. The third-order valence-corrected chi connectivity index (χ3v) is 4.43. The lowest BCUT2D eigenvalue weighted by atomic mass is 9.95. The number of carbonyl (C=O) groups excluding carboxylic acids is 2. The summed E-state index contributed by atoms with van der Waals surface area (Å²) in [6, 6.07) is 11.3. The molecule has 0 radical (unpaired) electrons. The van der Waals surface area contributed by atoms with Gasteiger partial charge < -0.3 is 9.72 Å². The number of H-pyrrole nitrogens is 1. The molecule has 0 fully saturated rings. The first kappa shape index (κ1) is 20.4. The van der Waals surface area contributed by atoms with E-state index in [1.54, 1.807) is 6.92 Å². The second kappa shape index (κ2) is 7.95. The highest BCUT2D eigenvalue weighted by Gasteiger charge is 2.34. The van der Waals surface area contributed by atoms with Crippen molar-refractivity contribution in [1.29, 1.82) is 0 Å². The van der Waals surface area contributed by atoms with E-state index in [2.05, 4.69) is 4.98 Å². The topological polar surface area (TPSA) is 59.2 Å². The zero-order valence-corrected chi connectivity index (χ0v) is 15.8. The van der Waals surface area contributed by atoms with Crippen LogP contribution in [0.4, 0.5) is 13.2 Å². The Labute approximate surface area is 165 Å². The third-order valence-electron chi connectivity index (χ3n) is 4.43. The summed E-state index contributed by atoms with van der Waals surface area (Å²) in [5, 5.41) is 0. The van der Waals surface area contributed by atoms with Crippen LogP contribution < -0.4 is 0 Å². The zero-order chi connectivity index (χ0) is 21.2. The number of esters is 1. The zero-order valence-electron chi connectivity index (χ0n) is 15.8. The second-order valence-electron chi connectivity index (χ2n) is 6.41.